The first-order chi connectivity index (χ1) is 4.75. The first-order valence-electron chi connectivity index (χ1n) is 2.44. The summed E-state index contributed by atoms with van der Waals surface area (Å²) in [4.78, 5) is 11.0. The molecule has 10 heavy (non-hydrogen) atoms. The number of nitrogens with zero attached hydrogens (tertiary/aromatic N) is 1. The molecule has 1 rings (SSSR count). The molecule has 0 N–H and O–H groups in total. The zero-order valence-corrected chi connectivity index (χ0v) is 8.79. The number of aromatic nitrogens is 1. The van der Waals surface area contributed by atoms with Crippen LogP contribution in [0.1, 0.15) is 10.5 Å². The Hall–Kier alpha value is 0.260. The molecule has 0 bridgehead atoms. The highest BCUT2D eigenvalue weighted by Gasteiger charge is 2.10. The lowest BCUT2D eigenvalue weighted by molar-refractivity contribution is 0.101. The first kappa shape index (κ1) is 8.36. The van der Waals surface area contributed by atoms with E-state index in [0.29, 0.717) is 11.0 Å². The average Bonchev–Trinajstić information content (AvgIpc) is 2.34. The van der Waals surface area contributed by atoms with Crippen LogP contribution in [0.4, 0.5) is 0 Å². The van der Waals surface area contributed by atoms with Gasteiger partial charge < -0.3 is 0 Å². The summed E-state index contributed by atoms with van der Waals surface area (Å²) < 4.78 is 4.68. The molecule has 0 atom stereocenters. The molecule has 0 unspecified atom stereocenters. The second-order valence-corrected chi connectivity index (χ2v) is 3.61. The quantitative estimate of drug-likeness (QED) is 0.617. The number of hydrogen-bond donors (Lipinski definition) is 0. The highest BCUT2D eigenvalue weighted by Crippen LogP contribution is 2.18. The lowest BCUT2D eigenvalue weighted by Crippen LogP contribution is -2.00. The Morgan fingerprint density at radius 1 is 1.80 bits per heavy atom. The van der Waals surface area contributed by atoms with Crippen LogP contribution in [0.15, 0.2) is 9.85 Å². The smallest absolute Gasteiger partial charge is 0.193 e. The molecule has 54 valence electrons. The predicted octanol–water partition coefficient (Wildman–Crippen LogP) is 2.48. The van der Waals surface area contributed by atoms with Crippen molar-refractivity contribution in [1.82, 2.24) is 4.37 Å². The lowest BCUT2D eigenvalue weighted by atomic mass is 10.3. The van der Waals surface area contributed by atoms with Gasteiger partial charge >= 0.3 is 0 Å². The summed E-state index contributed by atoms with van der Waals surface area (Å²) in [5, 5.41) is 2.12. The van der Waals surface area contributed by atoms with Crippen LogP contribution in [-0.2, 0) is 0 Å². The van der Waals surface area contributed by atoms with Gasteiger partial charge in [0.15, 0.2) is 5.78 Å². The molecule has 1 heterocycles. The highest BCUT2D eigenvalue weighted by atomic mass is 79.9. The van der Waals surface area contributed by atoms with Gasteiger partial charge in [-0.3, -0.25) is 4.79 Å². The van der Waals surface area contributed by atoms with Crippen molar-refractivity contribution in [2.45, 2.75) is 0 Å². The van der Waals surface area contributed by atoms with Crippen molar-refractivity contribution in [2.24, 2.45) is 0 Å². The van der Waals surface area contributed by atoms with Crippen molar-refractivity contribution in [3.8, 4) is 0 Å². The largest absolute Gasteiger partial charge is 0.291 e. The van der Waals surface area contributed by atoms with E-state index in [9.17, 15) is 4.79 Å². The Balaban J connectivity index is 2.93. The summed E-state index contributed by atoms with van der Waals surface area (Å²) in [6.45, 7) is 0. The van der Waals surface area contributed by atoms with Crippen LogP contribution in [0.25, 0.3) is 0 Å². The fourth-order valence-corrected chi connectivity index (χ4v) is 1.98. The van der Waals surface area contributed by atoms with E-state index >= 15 is 0 Å². The summed E-state index contributed by atoms with van der Waals surface area (Å²) >= 11 is 7.55. The third kappa shape index (κ3) is 1.65. The van der Waals surface area contributed by atoms with E-state index in [2.05, 4.69) is 36.2 Å². The van der Waals surface area contributed by atoms with Crippen LogP contribution in [0.3, 0.4) is 0 Å². The van der Waals surface area contributed by atoms with Gasteiger partial charge in [0.1, 0.15) is 5.69 Å². The van der Waals surface area contributed by atoms with E-state index in [1.807, 2.05) is 0 Å². The molecular formula is C5H3Br2NOS. The Morgan fingerprint density at radius 3 is 2.90 bits per heavy atom. The highest BCUT2D eigenvalue weighted by molar-refractivity contribution is 9.10. The molecule has 0 spiro atoms. The van der Waals surface area contributed by atoms with E-state index in [1.54, 1.807) is 5.38 Å². The average molecular weight is 285 g/mol. The van der Waals surface area contributed by atoms with Gasteiger partial charge in [0.25, 0.3) is 0 Å². The Kier molecular flexibility index (Phi) is 3.00. The number of halogens is 2. The van der Waals surface area contributed by atoms with Crippen molar-refractivity contribution >= 4 is 49.2 Å². The maximum atomic E-state index is 11.0. The Labute approximate surface area is 79.1 Å². The number of ketones is 1. The number of Topliss-reactive ketones (excluding diaryl/α,β-unsaturated/α-hetero) is 1. The van der Waals surface area contributed by atoms with Gasteiger partial charge in [-0.15, -0.1) is 0 Å². The van der Waals surface area contributed by atoms with Crippen LogP contribution in [0.5, 0.6) is 0 Å². The molecule has 0 aromatic carbocycles. The van der Waals surface area contributed by atoms with Crippen LogP contribution < -0.4 is 0 Å². The minimum Gasteiger partial charge on any atom is -0.291 e. The van der Waals surface area contributed by atoms with Gasteiger partial charge in [0.2, 0.25) is 0 Å². The molecule has 0 fully saturated rings. The second kappa shape index (κ2) is 3.59. The molecule has 0 saturated heterocycles. The summed E-state index contributed by atoms with van der Waals surface area (Å²) in [5.41, 5.74) is 0.516. The second-order valence-electron chi connectivity index (χ2n) is 1.57. The molecule has 1 aromatic rings. The van der Waals surface area contributed by atoms with Crippen molar-refractivity contribution in [2.75, 3.05) is 5.33 Å². The molecule has 1 aromatic heterocycles. The van der Waals surface area contributed by atoms with E-state index in [-0.39, 0.29) is 5.78 Å². The molecule has 5 heteroatoms. The third-order valence-electron chi connectivity index (χ3n) is 0.912. The van der Waals surface area contributed by atoms with Gasteiger partial charge in [0.05, 0.1) is 9.80 Å². The predicted molar refractivity (Wildman–Crippen MR) is 47.9 cm³/mol. The van der Waals surface area contributed by atoms with E-state index in [4.69, 9.17) is 0 Å². The van der Waals surface area contributed by atoms with Gasteiger partial charge in [-0.05, 0) is 27.5 Å². The normalized spacial score (nSPS) is 9.80. The van der Waals surface area contributed by atoms with E-state index in [0.717, 1.165) is 4.47 Å². The van der Waals surface area contributed by atoms with Crippen LogP contribution in [-0.4, -0.2) is 15.5 Å². The molecule has 0 aliphatic carbocycles. The molecule has 2 nitrogen and oxygen atoms in total. The minimum absolute atomic E-state index is 0.00752. The topological polar surface area (TPSA) is 30.0 Å². The summed E-state index contributed by atoms with van der Waals surface area (Å²) in [6.07, 6.45) is 0. The zero-order valence-electron chi connectivity index (χ0n) is 4.80. The number of hydrogen-bond acceptors (Lipinski definition) is 3. The summed E-state index contributed by atoms with van der Waals surface area (Å²) in [5.74, 6) is 0.00752. The van der Waals surface area contributed by atoms with Crippen molar-refractivity contribution in [1.29, 1.82) is 0 Å². The minimum atomic E-state index is 0.00752. The lowest BCUT2D eigenvalue weighted by Gasteiger charge is -1.88. The van der Waals surface area contributed by atoms with Crippen molar-refractivity contribution in [3.05, 3.63) is 15.5 Å². The summed E-state index contributed by atoms with van der Waals surface area (Å²) in [7, 11) is 0. The Morgan fingerprint density at radius 2 is 2.50 bits per heavy atom. The van der Waals surface area contributed by atoms with E-state index in [1.165, 1.54) is 11.5 Å². The van der Waals surface area contributed by atoms with Crippen molar-refractivity contribution < 1.29 is 4.79 Å². The third-order valence-corrected chi connectivity index (χ3v) is 2.96. The van der Waals surface area contributed by atoms with Gasteiger partial charge in [-0.2, -0.15) is 4.37 Å². The number of carbonyl (C=O) groups excluding carboxylic acids is 1. The zero-order chi connectivity index (χ0) is 7.56. The van der Waals surface area contributed by atoms with Crippen LogP contribution in [0.2, 0.25) is 0 Å². The van der Waals surface area contributed by atoms with Crippen molar-refractivity contribution in [3.63, 3.8) is 0 Å². The Bertz CT molecular complexity index is 248. The standard InChI is InChI=1S/C5H3Br2NOS/c6-1-4(9)5-3(7)2-10-8-5/h2H,1H2. The molecular weight excluding hydrogens is 282 g/mol. The number of rotatable bonds is 2. The van der Waals surface area contributed by atoms with Crippen LogP contribution >= 0.6 is 43.4 Å². The maximum absolute atomic E-state index is 11.0. The van der Waals surface area contributed by atoms with Gasteiger partial charge in [0, 0.05) is 5.38 Å². The summed E-state index contributed by atoms with van der Waals surface area (Å²) in [6, 6.07) is 0. The SMILES string of the molecule is O=C(CBr)c1nscc1Br. The fraction of sp³-hybridized carbons (Fsp3) is 0.200. The monoisotopic (exact) mass is 283 g/mol. The molecule has 0 saturated carbocycles. The fourth-order valence-electron chi connectivity index (χ4n) is 0.472. The molecule has 0 aliphatic rings. The van der Waals surface area contributed by atoms with Crippen LogP contribution in [0, 0.1) is 0 Å². The number of carbonyl (C=O) groups is 1. The first-order valence-corrected chi connectivity index (χ1v) is 5.20. The molecule has 0 aliphatic heterocycles. The van der Waals surface area contributed by atoms with E-state index < -0.39 is 0 Å². The molecule has 0 radical (unpaired) electrons. The van der Waals surface area contributed by atoms with Gasteiger partial charge in [-0.1, -0.05) is 15.9 Å². The number of alkyl halides is 1. The molecule has 0 amide bonds. The maximum Gasteiger partial charge on any atom is 0.193 e. The van der Waals surface area contributed by atoms with Gasteiger partial charge in [-0.25, -0.2) is 0 Å².